The molecule has 0 saturated heterocycles. The molecule has 0 atom stereocenters. The van der Waals surface area contributed by atoms with E-state index in [-0.39, 0.29) is 12.5 Å². The zero-order valence-corrected chi connectivity index (χ0v) is 9.63. The molecule has 1 amide bonds. The molecule has 6 nitrogen and oxygen atoms in total. The lowest BCUT2D eigenvalue weighted by Gasteiger charge is -2.04. The normalized spacial score (nSPS) is 10.2. The molecule has 17 heavy (non-hydrogen) atoms. The number of benzene rings is 1. The fraction of sp³-hybridized carbons (Fsp3) is 0.200. The van der Waals surface area contributed by atoms with Gasteiger partial charge in [0.1, 0.15) is 12.9 Å². The first kappa shape index (κ1) is 11.5. The summed E-state index contributed by atoms with van der Waals surface area (Å²) in [4.78, 5) is 11.5. The molecule has 0 saturated carbocycles. The Morgan fingerprint density at radius 1 is 1.35 bits per heavy atom. The van der Waals surface area contributed by atoms with E-state index < -0.39 is 0 Å². The summed E-state index contributed by atoms with van der Waals surface area (Å²) in [5.41, 5.74) is 0.986. The van der Waals surface area contributed by atoms with E-state index in [1.54, 1.807) is 12.1 Å². The van der Waals surface area contributed by atoms with Crippen LogP contribution >= 0.6 is 11.6 Å². The maximum absolute atomic E-state index is 11.5. The van der Waals surface area contributed by atoms with Gasteiger partial charge >= 0.3 is 0 Å². The van der Waals surface area contributed by atoms with Gasteiger partial charge in [0.25, 0.3) is 0 Å². The molecule has 0 fully saturated rings. The second-order valence-electron chi connectivity index (χ2n) is 3.41. The third kappa shape index (κ3) is 3.53. The van der Waals surface area contributed by atoms with Crippen molar-refractivity contribution < 1.29 is 4.79 Å². The van der Waals surface area contributed by atoms with Crippen molar-refractivity contribution in [2.45, 2.75) is 13.1 Å². The highest BCUT2D eigenvalue weighted by molar-refractivity contribution is 6.30. The molecule has 1 N–H and O–H groups in total. The van der Waals surface area contributed by atoms with Crippen molar-refractivity contribution in [1.82, 2.24) is 25.5 Å². The highest BCUT2D eigenvalue weighted by Crippen LogP contribution is 2.08. The van der Waals surface area contributed by atoms with Gasteiger partial charge in [-0.05, 0) is 28.1 Å². The van der Waals surface area contributed by atoms with Crippen LogP contribution < -0.4 is 5.32 Å². The summed E-state index contributed by atoms with van der Waals surface area (Å²) in [6.07, 6.45) is 1.39. The molecule has 1 aromatic heterocycles. The number of hydrogen-bond acceptors (Lipinski definition) is 4. The van der Waals surface area contributed by atoms with Gasteiger partial charge in [-0.3, -0.25) is 4.79 Å². The minimum atomic E-state index is -0.146. The van der Waals surface area contributed by atoms with E-state index in [1.165, 1.54) is 11.0 Å². The quantitative estimate of drug-likeness (QED) is 0.866. The Bertz CT molecular complexity index is 482. The number of amides is 1. The molecule has 0 spiro atoms. The zero-order valence-electron chi connectivity index (χ0n) is 8.88. The Morgan fingerprint density at radius 3 is 2.76 bits per heavy atom. The van der Waals surface area contributed by atoms with E-state index in [9.17, 15) is 4.79 Å². The van der Waals surface area contributed by atoms with Crippen LogP contribution in [0.3, 0.4) is 0 Å². The fourth-order valence-electron chi connectivity index (χ4n) is 1.26. The van der Waals surface area contributed by atoms with E-state index in [0.717, 1.165) is 5.56 Å². The molecule has 7 heteroatoms. The Morgan fingerprint density at radius 2 is 2.12 bits per heavy atom. The van der Waals surface area contributed by atoms with Crippen LogP contribution in [-0.2, 0) is 17.9 Å². The molecule has 1 heterocycles. The molecule has 0 aliphatic heterocycles. The van der Waals surface area contributed by atoms with Crippen molar-refractivity contribution in [3.63, 3.8) is 0 Å². The fourth-order valence-corrected chi connectivity index (χ4v) is 1.38. The van der Waals surface area contributed by atoms with Gasteiger partial charge in [0, 0.05) is 11.6 Å². The average molecular weight is 252 g/mol. The topological polar surface area (TPSA) is 72.7 Å². The molecule has 2 rings (SSSR count). The summed E-state index contributed by atoms with van der Waals surface area (Å²) in [7, 11) is 0. The average Bonchev–Trinajstić information content (AvgIpc) is 2.81. The number of halogens is 1. The number of nitrogens with one attached hydrogen (secondary N) is 1. The minimum Gasteiger partial charge on any atom is -0.350 e. The second-order valence-corrected chi connectivity index (χ2v) is 3.85. The molecule has 0 aliphatic carbocycles. The van der Waals surface area contributed by atoms with Crippen LogP contribution in [0.25, 0.3) is 0 Å². The van der Waals surface area contributed by atoms with Gasteiger partial charge in [-0.25, -0.2) is 4.68 Å². The van der Waals surface area contributed by atoms with Crippen LogP contribution in [0, 0.1) is 0 Å². The molecular weight excluding hydrogens is 242 g/mol. The van der Waals surface area contributed by atoms with Crippen LogP contribution in [0.1, 0.15) is 5.56 Å². The maximum atomic E-state index is 11.5. The van der Waals surface area contributed by atoms with Crippen molar-refractivity contribution in [3.8, 4) is 0 Å². The molecule has 0 bridgehead atoms. The van der Waals surface area contributed by atoms with Gasteiger partial charge in [-0.2, -0.15) is 0 Å². The highest BCUT2D eigenvalue weighted by Gasteiger charge is 2.03. The Kier molecular flexibility index (Phi) is 3.66. The first-order valence-corrected chi connectivity index (χ1v) is 5.34. The van der Waals surface area contributed by atoms with Crippen LogP contribution in [0.2, 0.25) is 5.02 Å². The minimum absolute atomic E-state index is 0.112. The van der Waals surface area contributed by atoms with Crippen molar-refractivity contribution in [1.29, 1.82) is 0 Å². The van der Waals surface area contributed by atoms with E-state index in [0.29, 0.717) is 11.6 Å². The van der Waals surface area contributed by atoms with Crippen LogP contribution in [-0.4, -0.2) is 26.1 Å². The summed E-state index contributed by atoms with van der Waals surface area (Å²) in [6.45, 7) is 0.568. The molecule has 0 radical (unpaired) electrons. The van der Waals surface area contributed by atoms with Gasteiger partial charge in [-0.1, -0.05) is 23.7 Å². The number of carbonyl (C=O) groups excluding carboxylic acids is 1. The van der Waals surface area contributed by atoms with E-state index >= 15 is 0 Å². The number of aromatic nitrogens is 4. The number of carbonyl (C=O) groups is 1. The summed E-state index contributed by atoms with van der Waals surface area (Å²) in [5.74, 6) is -0.146. The molecule has 0 aliphatic rings. The summed E-state index contributed by atoms with van der Waals surface area (Å²) >= 11 is 5.76. The Labute approximate surface area is 103 Å². The molecule has 1 aromatic carbocycles. The van der Waals surface area contributed by atoms with Crippen molar-refractivity contribution in [2.24, 2.45) is 0 Å². The van der Waals surface area contributed by atoms with E-state index in [2.05, 4.69) is 20.8 Å². The van der Waals surface area contributed by atoms with Crippen LogP contribution in [0.5, 0.6) is 0 Å². The van der Waals surface area contributed by atoms with Gasteiger partial charge in [0.2, 0.25) is 5.91 Å². The lowest BCUT2D eigenvalue weighted by molar-refractivity contribution is -0.122. The van der Waals surface area contributed by atoms with Crippen molar-refractivity contribution in [2.75, 3.05) is 0 Å². The Hall–Kier alpha value is -1.95. The smallest absolute Gasteiger partial charge is 0.242 e. The lowest BCUT2D eigenvalue weighted by atomic mass is 10.2. The van der Waals surface area contributed by atoms with Crippen LogP contribution in [0.4, 0.5) is 0 Å². The predicted octanol–water partition coefficient (Wildman–Crippen LogP) is 0.643. The Balaban J connectivity index is 1.82. The SMILES string of the molecule is O=C(Cn1cnnn1)NCc1ccc(Cl)cc1. The molecule has 0 unspecified atom stereocenters. The third-order valence-electron chi connectivity index (χ3n) is 2.10. The molecular formula is C10H10ClN5O. The zero-order chi connectivity index (χ0) is 12.1. The maximum Gasteiger partial charge on any atom is 0.242 e. The number of rotatable bonds is 4. The lowest BCUT2D eigenvalue weighted by Crippen LogP contribution is -2.27. The first-order chi connectivity index (χ1) is 8.24. The standard InChI is InChI=1S/C10H10ClN5O/c11-9-3-1-8(2-4-9)5-12-10(17)6-16-7-13-14-15-16/h1-4,7H,5-6H2,(H,12,17). The largest absolute Gasteiger partial charge is 0.350 e. The van der Waals surface area contributed by atoms with E-state index in [1.807, 2.05) is 12.1 Å². The first-order valence-electron chi connectivity index (χ1n) is 4.96. The second kappa shape index (κ2) is 5.40. The van der Waals surface area contributed by atoms with Crippen LogP contribution in [0.15, 0.2) is 30.6 Å². The number of tetrazole rings is 1. The van der Waals surface area contributed by atoms with Gasteiger partial charge < -0.3 is 5.32 Å². The molecule has 2 aromatic rings. The van der Waals surface area contributed by atoms with E-state index in [4.69, 9.17) is 11.6 Å². The number of nitrogens with zero attached hydrogens (tertiary/aromatic N) is 4. The van der Waals surface area contributed by atoms with Crippen molar-refractivity contribution >= 4 is 17.5 Å². The van der Waals surface area contributed by atoms with Gasteiger partial charge in [-0.15, -0.1) is 5.10 Å². The third-order valence-corrected chi connectivity index (χ3v) is 2.35. The summed E-state index contributed by atoms with van der Waals surface area (Å²) in [5, 5.41) is 13.9. The highest BCUT2D eigenvalue weighted by atomic mass is 35.5. The van der Waals surface area contributed by atoms with Gasteiger partial charge in [0.05, 0.1) is 0 Å². The monoisotopic (exact) mass is 251 g/mol. The number of hydrogen-bond donors (Lipinski definition) is 1. The molecule has 88 valence electrons. The summed E-state index contributed by atoms with van der Waals surface area (Å²) in [6, 6.07) is 7.29. The summed E-state index contributed by atoms with van der Waals surface area (Å²) < 4.78 is 1.36. The van der Waals surface area contributed by atoms with Crippen molar-refractivity contribution in [3.05, 3.63) is 41.2 Å². The van der Waals surface area contributed by atoms with Gasteiger partial charge in [0.15, 0.2) is 0 Å². The predicted molar refractivity (Wildman–Crippen MR) is 61.1 cm³/mol.